The van der Waals surface area contributed by atoms with E-state index in [-0.39, 0.29) is 10.7 Å². The average Bonchev–Trinajstić information content (AvgIpc) is 2.18. The molecule has 0 heterocycles. The molecule has 0 aliphatic carbocycles. The molecule has 0 atom stereocenters. The summed E-state index contributed by atoms with van der Waals surface area (Å²) in [6, 6.07) is 3.69. The summed E-state index contributed by atoms with van der Waals surface area (Å²) in [6.45, 7) is 4.12. The first-order valence-corrected chi connectivity index (χ1v) is 5.42. The van der Waals surface area contributed by atoms with E-state index in [9.17, 15) is 13.2 Å². The Hall–Kier alpha value is -1.16. The highest BCUT2D eigenvalue weighted by Crippen LogP contribution is 2.36. The average molecular weight is 264 g/mol. The highest BCUT2D eigenvalue weighted by Gasteiger charge is 2.33. The van der Waals surface area contributed by atoms with Crippen LogP contribution in [-0.2, 0) is 6.18 Å². The van der Waals surface area contributed by atoms with Crippen molar-refractivity contribution in [3.8, 4) is 0 Å². The minimum Gasteiger partial charge on any atom is -0.381 e. The molecule has 5 heteroatoms. The number of benzene rings is 1. The van der Waals surface area contributed by atoms with E-state index in [1.165, 1.54) is 12.1 Å². The first-order chi connectivity index (χ1) is 7.80. The molecule has 0 aromatic heterocycles. The van der Waals surface area contributed by atoms with Gasteiger partial charge in [-0.25, -0.2) is 0 Å². The Morgan fingerprint density at radius 1 is 1.35 bits per heavy atom. The summed E-state index contributed by atoms with van der Waals surface area (Å²) in [5.41, 5.74) is 0.339. The molecule has 1 nitrogen and oxygen atoms in total. The second-order valence-corrected chi connectivity index (χ2v) is 4.29. The highest BCUT2D eigenvalue weighted by molar-refractivity contribution is 6.30. The molecular weight excluding hydrogens is 251 g/mol. The molecule has 0 amide bonds. The van der Waals surface area contributed by atoms with E-state index >= 15 is 0 Å². The molecule has 0 saturated carbocycles. The van der Waals surface area contributed by atoms with Crippen molar-refractivity contribution in [2.45, 2.75) is 20.0 Å². The van der Waals surface area contributed by atoms with Gasteiger partial charge in [-0.2, -0.15) is 13.2 Å². The van der Waals surface area contributed by atoms with Crippen molar-refractivity contribution in [2.24, 2.45) is 0 Å². The quantitative estimate of drug-likeness (QED) is 0.777. The van der Waals surface area contributed by atoms with Crippen LogP contribution in [0, 0.1) is 0 Å². The highest BCUT2D eigenvalue weighted by atomic mass is 35.5. The third-order valence-corrected chi connectivity index (χ3v) is 2.32. The van der Waals surface area contributed by atoms with Crippen molar-refractivity contribution in [3.63, 3.8) is 0 Å². The lowest BCUT2D eigenvalue weighted by Gasteiger charge is -2.14. The normalized spacial score (nSPS) is 11.2. The maximum absolute atomic E-state index is 12.7. The number of anilines is 1. The van der Waals surface area contributed by atoms with Gasteiger partial charge in [0.15, 0.2) is 0 Å². The molecule has 1 aromatic carbocycles. The predicted octanol–water partition coefficient (Wildman–Crippen LogP) is 4.74. The number of hydrogen-bond donors (Lipinski definition) is 1. The molecule has 0 saturated heterocycles. The molecule has 0 unspecified atom stereocenters. The molecule has 1 N–H and O–H groups in total. The van der Waals surface area contributed by atoms with E-state index in [4.69, 9.17) is 11.6 Å². The number of halogens is 4. The molecule has 0 fully saturated rings. The molecule has 17 heavy (non-hydrogen) atoms. The molecule has 0 radical (unpaired) electrons. The van der Waals surface area contributed by atoms with Gasteiger partial charge in [-0.15, -0.1) is 0 Å². The fourth-order valence-electron chi connectivity index (χ4n) is 1.27. The minimum absolute atomic E-state index is 0.0411. The van der Waals surface area contributed by atoms with Crippen LogP contribution in [0.1, 0.15) is 19.4 Å². The fourth-order valence-corrected chi connectivity index (χ4v) is 1.44. The summed E-state index contributed by atoms with van der Waals surface area (Å²) >= 11 is 5.57. The van der Waals surface area contributed by atoms with Crippen LogP contribution in [0.3, 0.4) is 0 Å². The zero-order valence-corrected chi connectivity index (χ0v) is 10.3. The van der Waals surface area contributed by atoms with Crippen LogP contribution in [0.25, 0.3) is 0 Å². The van der Waals surface area contributed by atoms with Gasteiger partial charge in [0.05, 0.1) is 5.56 Å². The molecule has 1 rings (SSSR count). The van der Waals surface area contributed by atoms with Crippen LogP contribution in [0.4, 0.5) is 18.9 Å². The van der Waals surface area contributed by atoms with Crippen LogP contribution in [-0.4, -0.2) is 6.54 Å². The largest absolute Gasteiger partial charge is 0.418 e. The van der Waals surface area contributed by atoms with Crippen LogP contribution >= 0.6 is 11.6 Å². The first kappa shape index (κ1) is 13.9. The summed E-state index contributed by atoms with van der Waals surface area (Å²) in [5.74, 6) is 0. The van der Waals surface area contributed by atoms with Gasteiger partial charge in [0.2, 0.25) is 0 Å². The summed E-state index contributed by atoms with van der Waals surface area (Å²) < 4.78 is 38.1. The monoisotopic (exact) mass is 263 g/mol. The van der Waals surface area contributed by atoms with Crippen LogP contribution in [0.15, 0.2) is 29.8 Å². The smallest absolute Gasteiger partial charge is 0.381 e. The minimum atomic E-state index is -4.40. The molecule has 0 bridgehead atoms. The lowest BCUT2D eigenvalue weighted by atomic mass is 10.1. The second-order valence-electron chi connectivity index (χ2n) is 3.85. The molecule has 0 aliphatic rings. The van der Waals surface area contributed by atoms with Gasteiger partial charge in [-0.3, -0.25) is 0 Å². The van der Waals surface area contributed by atoms with Gasteiger partial charge in [-0.1, -0.05) is 23.3 Å². The Labute approximate surface area is 103 Å². The van der Waals surface area contributed by atoms with Crippen molar-refractivity contribution < 1.29 is 13.2 Å². The maximum Gasteiger partial charge on any atom is 0.418 e. The summed E-state index contributed by atoms with van der Waals surface area (Å²) in [7, 11) is 0. The third-order valence-electron chi connectivity index (χ3n) is 2.09. The lowest BCUT2D eigenvalue weighted by Crippen LogP contribution is -2.11. The maximum atomic E-state index is 12.7. The zero-order chi connectivity index (χ0) is 13.1. The Kier molecular flexibility index (Phi) is 4.46. The standard InChI is InChI=1S/C12H13ClF3N/c1-8(2)5-6-17-11-4-3-9(13)7-10(11)12(14,15)16/h3-5,7,17H,6H2,1-2H3. The van der Waals surface area contributed by atoms with Gasteiger partial charge >= 0.3 is 6.18 Å². The predicted molar refractivity (Wildman–Crippen MR) is 64.4 cm³/mol. The Morgan fingerprint density at radius 3 is 2.53 bits per heavy atom. The number of hydrogen-bond acceptors (Lipinski definition) is 1. The van der Waals surface area contributed by atoms with Gasteiger partial charge in [-0.05, 0) is 32.0 Å². The topological polar surface area (TPSA) is 12.0 Å². The van der Waals surface area contributed by atoms with Gasteiger partial charge in [0, 0.05) is 17.3 Å². The van der Waals surface area contributed by atoms with Gasteiger partial charge < -0.3 is 5.32 Å². The summed E-state index contributed by atoms with van der Waals surface area (Å²) in [4.78, 5) is 0. The number of rotatable bonds is 3. The Bertz CT molecular complexity index is 420. The molecule has 0 spiro atoms. The van der Waals surface area contributed by atoms with Crippen molar-refractivity contribution in [1.29, 1.82) is 0 Å². The van der Waals surface area contributed by atoms with Crippen LogP contribution < -0.4 is 5.32 Å². The molecular formula is C12H13ClF3N. The molecule has 0 aliphatic heterocycles. The van der Waals surface area contributed by atoms with E-state index < -0.39 is 11.7 Å². The van der Waals surface area contributed by atoms with E-state index in [0.717, 1.165) is 11.6 Å². The van der Waals surface area contributed by atoms with Gasteiger partial charge in [0.1, 0.15) is 0 Å². The SMILES string of the molecule is CC(C)=CCNc1ccc(Cl)cc1C(F)(F)F. The summed E-state index contributed by atoms with van der Waals surface area (Å²) in [5, 5.41) is 2.80. The fraction of sp³-hybridized carbons (Fsp3) is 0.333. The number of nitrogens with one attached hydrogen (secondary N) is 1. The van der Waals surface area contributed by atoms with Gasteiger partial charge in [0.25, 0.3) is 0 Å². The van der Waals surface area contributed by atoms with E-state index in [2.05, 4.69) is 5.32 Å². The summed E-state index contributed by atoms with van der Waals surface area (Å²) in [6.07, 6.45) is -2.59. The number of allylic oxidation sites excluding steroid dienone is 1. The lowest BCUT2D eigenvalue weighted by molar-refractivity contribution is -0.136. The Balaban J connectivity index is 2.95. The zero-order valence-electron chi connectivity index (χ0n) is 9.53. The van der Waals surface area contributed by atoms with E-state index in [0.29, 0.717) is 6.54 Å². The second kappa shape index (κ2) is 5.45. The Morgan fingerprint density at radius 2 is 2.00 bits per heavy atom. The van der Waals surface area contributed by atoms with Crippen molar-refractivity contribution >= 4 is 17.3 Å². The van der Waals surface area contributed by atoms with Crippen LogP contribution in [0.2, 0.25) is 5.02 Å². The molecule has 94 valence electrons. The van der Waals surface area contributed by atoms with E-state index in [1.54, 1.807) is 0 Å². The van der Waals surface area contributed by atoms with Crippen molar-refractivity contribution in [2.75, 3.05) is 11.9 Å². The van der Waals surface area contributed by atoms with Crippen molar-refractivity contribution in [3.05, 3.63) is 40.4 Å². The first-order valence-electron chi connectivity index (χ1n) is 5.04. The van der Waals surface area contributed by atoms with Crippen molar-refractivity contribution in [1.82, 2.24) is 0 Å². The molecule has 1 aromatic rings. The number of alkyl halides is 3. The van der Waals surface area contributed by atoms with Crippen LogP contribution in [0.5, 0.6) is 0 Å². The third kappa shape index (κ3) is 4.30. The van der Waals surface area contributed by atoms with E-state index in [1.807, 2.05) is 19.9 Å².